The fraction of sp³-hybridized carbons (Fsp3) is 0.571. The van der Waals surface area contributed by atoms with Gasteiger partial charge in [0, 0.05) is 18.7 Å². The number of nitrogens with two attached hydrogens (primary N) is 1. The number of hydrogen-bond acceptors (Lipinski definition) is 2. The van der Waals surface area contributed by atoms with Gasteiger partial charge in [-0.25, -0.2) is 9.37 Å². The number of halogens is 1. The number of alkyl halides is 1. The maximum absolute atomic E-state index is 12.8. The van der Waals surface area contributed by atoms with Gasteiger partial charge in [-0.05, 0) is 6.42 Å². The minimum absolute atomic E-state index is 0.463. The maximum atomic E-state index is 12.8. The molecule has 0 amide bonds. The van der Waals surface area contributed by atoms with E-state index >= 15 is 0 Å². The SMILES string of the molecule is Nc1ncc2n1CCC(F)C2. The predicted octanol–water partition coefficient (Wildman–Crippen LogP) is 0.750. The lowest BCUT2D eigenvalue weighted by Gasteiger charge is -2.18. The molecular formula is C7H10FN3. The first-order valence-corrected chi connectivity index (χ1v) is 3.71. The van der Waals surface area contributed by atoms with Crippen LogP contribution in [-0.2, 0) is 13.0 Å². The van der Waals surface area contributed by atoms with E-state index in [0.29, 0.717) is 25.3 Å². The van der Waals surface area contributed by atoms with E-state index in [0.717, 1.165) is 5.69 Å². The van der Waals surface area contributed by atoms with E-state index in [4.69, 9.17) is 5.73 Å². The van der Waals surface area contributed by atoms with Crippen LogP contribution < -0.4 is 5.73 Å². The number of imidazole rings is 1. The summed E-state index contributed by atoms with van der Waals surface area (Å²) >= 11 is 0. The van der Waals surface area contributed by atoms with E-state index in [2.05, 4.69) is 4.98 Å². The van der Waals surface area contributed by atoms with Gasteiger partial charge in [-0.3, -0.25) is 0 Å². The van der Waals surface area contributed by atoms with E-state index in [1.807, 2.05) is 4.57 Å². The van der Waals surface area contributed by atoms with Crippen molar-refractivity contribution >= 4 is 5.95 Å². The lowest BCUT2D eigenvalue weighted by atomic mass is 10.1. The quantitative estimate of drug-likeness (QED) is 0.600. The minimum atomic E-state index is -0.710. The lowest BCUT2D eigenvalue weighted by Crippen LogP contribution is -2.20. The monoisotopic (exact) mass is 155 g/mol. The van der Waals surface area contributed by atoms with Crippen LogP contribution in [0.2, 0.25) is 0 Å². The first-order chi connectivity index (χ1) is 5.27. The Morgan fingerprint density at radius 1 is 1.73 bits per heavy atom. The minimum Gasteiger partial charge on any atom is -0.369 e. The molecule has 2 N–H and O–H groups in total. The molecule has 1 atom stereocenters. The summed E-state index contributed by atoms with van der Waals surface area (Å²) < 4.78 is 14.7. The molecule has 2 rings (SSSR count). The fourth-order valence-corrected chi connectivity index (χ4v) is 1.45. The highest BCUT2D eigenvalue weighted by Gasteiger charge is 2.19. The van der Waals surface area contributed by atoms with Crippen molar-refractivity contribution in [3.63, 3.8) is 0 Å². The Hall–Kier alpha value is -1.06. The number of fused-ring (bicyclic) bond motifs is 1. The molecule has 1 aliphatic heterocycles. The Morgan fingerprint density at radius 2 is 2.55 bits per heavy atom. The Kier molecular flexibility index (Phi) is 1.34. The number of rotatable bonds is 0. The van der Waals surface area contributed by atoms with Crippen molar-refractivity contribution in [3.05, 3.63) is 11.9 Å². The molecule has 1 aromatic rings. The first kappa shape index (κ1) is 6.64. The van der Waals surface area contributed by atoms with Crippen LogP contribution in [0.15, 0.2) is 6.20 Å². The highest BCUT2D eigenvalue weighted by atomic mass is 19.1. The van der Waals surface area contributed by atoms with Gasteiger partial charge in [-0.15, -0.1) is 0 Å². The molecule has 2 heterocycles. The van der Waals surface area contributed by atoms with Gasteiger partial charge in [0.1, 0.15) is 6.17 Å². The third-order valence-electron chi connectivity index (χ3n) is 2.07. The summed E-state index contributed by atoms with van der Waals surface area (Å²) in [4.78, 5) is 3.91. The van der Waals surface area contributed by atoms with Crippen LogP contribution in [0.5, 0.6) is 0 Å². The maximum Gasteiger partial charge on any atom is 0.200 e. The van der Waals surface area contributed by atoms with Crippen LogP contribution in [0, 0.1) is 0 Å². The van der Waals surface area contributed by atoms with Gasteiger partial charge < -0.3 is 10.3 Å². The summed E-state index contributed by atoms with van der Waals surface area (Å²) in [5.41, 5.74) is 6.45. The molecule has 0 aliphatic carbocycles. The van der Waals surface area contributed by atoms with Gasteiger partial charge >= 0.3 is 0 Å². The average Bonchev–Trinajstić information content (AvgIpc) is 2.32. The lowest BCUT2D eigenvalue weighted by molar-refractivity contribution is 0.272. The number of anilines is 1. The summed E-state index contributed by atoms with van der Waals surface area (Å²) in [6.45, 7) is 0.669. The molecule has 0 spiro atoms. The van der Waals surface area contributed by atoms with Gasteiger partial charge in [0.15, 0.2) is 5.95 Å². The topological polar surface area (TPSA) is 43.8 Å². The highest BCUT2D eigenvalue weighted by Crippen LogP contribution is 2.19. The molecule has 0 aromatic carbocycles. The van der Waals surface area contributed by atoms with Crippen LogP contribution in [0.1, 0.15) is 12.1 Å². The van der Waals surface area contributed by atoms with E-state index in [1.54, 1.807) is 6.20 Å². The fourth-order valence-electron chi connectivity index (χ4n) is 1.45. The van der Waals surface area contributed by atoms with Crippen molar-refractivity contribution in [1.82, 2.24) is 9.55 Å². The number of nitrogens with zero attached hydrogens (tertiary/aromatic N) is 2. The zero-order valence-corrected chi connectivity index (χ0v) is 6.13. The van der Waals surface area contributed by atoms with E-state index < -0.39 is 6.17 Å². The smallest absolute Gasteiger partial charge is 0.200 e. The summed E-state index contributed by atoms with van der Waals surface area (Å²) in [6, 6.07) is 0. The van der Waals surface area contributed by atoms with Gasteiger partial charge in [0.05, 0.1) is 6.20 Å². The van der Waals surface area contributed by atoms with Gasteiger partial charge in [-0.2, -0.15) is 0 Å². The van der Waals surface area contributed by atoms with Crippen molar-refractivity contribution in [2.24, 2.45) is 0 Å². The van der Waals surface area contributed by atoms with Crippen LogP contribution in [0.3, 0.4) is 0 Å². The third kappa shape index (κ3) is 0.982. The molecule has 0 saturated carbocycles. The van der Waals surface area contributed by atoms with E-state index in [-0.39, 0.29) is 0 Å². The Labute approximate surface area is 64.0 Å². The molecule has 0 radical (unpaired) electrons. The van der Waals surface area contributed by atoms with Crippen molar-refractivity contribution in [1.29, 1.82) is 0 Å². The zero-order valence-electron chi connectivity index (χ0n) is 6.13. The molecule has 0 bridgehead atoms. The zero-order chi connectivity index (χ0) is 7.84. The Morgan fingerprint density at radius 3 is 3.36 bits per heavy atom. The molecule has 0 saturated heterocycles. The van der Waals surface area contributed by atoms with Gasteiger partial charge in [0.25, 0.3) is 0 Å². The van der Waals surface area contributed by atoms with Gasteiger partial charge in [-0.1, -0.05) is 0 Å². The molecule has 1 aliphatic rings. The number of hydrogen-bond donors (Lipinski definition) is 1. The summed E-state index contributed by atoms with van der Waals surface area (Å²) in [5.74, 6) is 0.506. The molecule has 11 heavy (non-hydrogen) atoms. The van der Waals surface area contributed by atoms with Crippen LogP contribution in [-0.4, -0.2) is 15.7 Å². The standard InChI is InChI=1S/C7H10FN3/c8-5-1-2-11-6(3-5)4-10-7(11)9/h4-5H,1-3H2,(H2,9,10). The van der Waals surface area contributed by atoms with Crippen LogP contribution in [0.4, 0.5) is 10.3 Å². The van der Waals surface area contributed by atoms with Crippen LogP contribution >= 0.6 is 0 Å². The second-order valence-corrected chi connectivity index (χ2v) is 2.85. The second-order valence-electron chi connectivity index (χ2n) is 2.85. The van der Waals surface area contributed by atoms with Crippen LogP contribution in [0.25, 0.3) is 0 Å². The van der Waals surface area contributed by atoms with Gasteiger partial charge in [0.2, 0.25) is 0 Å². The number of aromatic nitrogens is 2. The predicted molar refractivity (Wildman–Crippen MR) is 39.9 cm³/mol. The molecule has 0 fully saturated rings. The largest absolute Gasteiger partial charge is 0.369 e. The molecule has 4 heteroatoms. The molecule has 1 unspecified atom stereocenters. The first-order valence-electron chi connectivity index (χ1n) is 3.71. The highest BCUT2D eigenvalue weighted by molar-refractivity contribution is 5.24. The summed E-state index contributed by atoms with van der Waals surface area (Å²) in [5, 5.41) is 0. The van der Waals surface area contributed by atoms with E-state index in [9.17, 15) is 4.39 Å². The second kappa shape index (κ2) is 2.22. The molecular weight excluding hydrogens is 145 g/mol. The Balaban J connectivity index is 2.36. The molecule has 60 valence electrons. The molecule has 1 aromatic heterocycles. The van der Waals surface area contributed by atoms with Crippen molar-refractivity contribution < 1.29 is 4.39 Å². The summed E-state index contributed by atoms with van der Waals surface area (Å²) in [6.07, 6.45) is 1.97. The summed E-state index contributed by atoms with van der Waals surface area (Å²) in [7, 11) is 0. The van der Waals surface area contributed by atoms with Crippen molar-refractivity contribution in [2.45, 2.75) is 25.6 Å². The average molecular weight is 155 g/mol. The normalized spacial score (nSPS) is 23.2. The number of nitrogen functional groups attached to an aromatic ring is 1. The third-order valence-corrected chi connectivity index (χ3v) is 2.07. The van der Waals surface area contributed by atoms with Crippen molar-refractivity contribution in [3.8, 4) is 0 Å². The molecule has 3 nitrogen and oxygen atoms in total. The van der Waals surface area contributed by atoms with Crippen molar-refractivity contribution in [2.75, 3.05) is 5.73 Å². The Bertz CT molecular complexity index is 269. The van der Waals surface area contributed by atoms with E-state index in [1.165, 1.54) is 0 Å².